The third-order valence-corrected chi connectivity index (χ3v) is 7.73. The largest absolute Gasteiger partial charge is 0.337 e. The van der Waals surface area contributed by atoms with Gasteiger partial charge in [0.25, 0.3) is 5.91 Å². The number of carbonyl (C=O) groups is 1. The van der Waals surface area contributed by atoms with E-state index in [9.17, 15) is 13.2 Å². The Bertz CT molecular complexity index is 793. The molecule has 8 heteroatoms. The molecule has 2 aromatic rings. The summed E-state index contributed by atoms with van der Waals surface area (Å²) >= 11 is 2.96. The Morgan fingerprint density at radius 1 is 1.45 bits per heavy atom. The summed E-state index contributed by atoms with van der Waals surface area (Å²) in [5.74, 6) is 0.0855. The molecule has 2 aromatic heterocycles. The number of thiazole rings is 1. The molecule has 3 rings (SSSR count). The predicted molar refractivity (Wildman–Crippen MR) is 89.3 cm³/mol. The summed E-state index contributed by atoms with van der Waals surface area (Å²) in [6, 6.07) is 3.70. The van der Waals surface area contributed by atoms with Crippen molar-refractivity contribution in [2.24, 2.45) is 0 Å². The van der Waals surface area contributed by atoms with Gasteiger partial charge in [-0.3, -0.25) is 4.79 Å². The van der Waals surface area contributed by atoms with E-state index >= 15 is 0 Å². The monoisotopic (exact) mass is 356 g/mol. The summed E-state index contributed by atoms with van der Waals surface area (Å²) in [4.78, 5) is 20.3. The Hall–Kier alpha value is -1.25. The van der Waals surface area contributed by atoms with Crippen LogP contribution in [0.2, 0.25) is 0 Å². The maximum absolute atomic E-state index is 12.7. The predicted octanol–water partition coefficient (Wildman–Crippen LogP) is 2.44. The first-order valence-corrected chi connectivity index (χ1v) is 10.4. The molecule has 118 valence electrons. The van der Waals surface area contributed by atoms with E-state index in [4.69, 9.17) is 0 Å². The summed E-state index contributed by atoms with van der Waals surface area (Å²) in [5.41, 5.74) is 0.700. The number of thiophene rings is 1. The molecule has 0 radical (unpaired) electrons. The smallest absolute Gasteiger partial charge is 0.265 e. The van der Waals surface area contributed by atoms with Crippen LogP contribution >= 0.6 is 22.7 Å². The lowest BCUT2D eigenvalue weighted by molar-refractivity contribution is 0.0751. The van der Waals surface area contributed by atoms with Crippen molar-refractivity contribution < 1.29 is 13.2 Å². The Balaban J connectivity index is 1.83. The Labute approximate surface area is 137 Å². The van der Waals surface area contributed by atoms with Crippen LogP contribution in [0.15, 0.2) is 17.5 Å². The number of sulfone groups is 1. The number of aromatic nitrogens is 1. The fourth-order valence-corrected chi connectivity index (χ4v) is 6.13. The zero-order valence-corrected chi connectivity index (χ0v) is 14.7. The number of rotatable bonds is 3. The number of carbonyl (C=O) groups excluding carboxylic acids is 1. The molecule has 0 bridgehead atoms. The van der Waals surface area contributed by atoms with Crippen LogP contribution in [0.5, 0.6) is 0 Å². The number of aryl methyl sites for hydroxylation is 1. The van der Waals surface area contributed by atoms with E-state index in [-0.39, 0.29) is 23.5 Å². The van der Waals surface area contributed by atoms with Crippen LogP contribution in [0.25, 0.3) is 9.88 Å². The molecular weight excluding hydrogens is 340 g/mol. The summed E-state index contributed by atoms with van der Waals surface area (Å²) in [6.07, 6.45) is 0.514. The lowest BCUT2D eigenvalue weighted by atomic mass is 10.2. The molecule has 0 spiro atoms. The van der Waals surface area contributed by atoms with Gasteiger partial charge >= 0.3 is 0 Å². The number of amides is 1. The molecular formula is C14H16N2O3S3. The van der Waals surface area contributed by atoms with Crippen molar-refractivity contribution in [2.45, 2.75) is 19.4 Å². The maximum atomic E-state index is 12.7. The van der Waals surface area contributed by atoms with Gasteiger partial charge in [0.05, 0.1) is 22.1 Å². The molecule has 3 heterocycles. The van der Waals surface area contributed by atoms with Crippen LogP contribution in [0, 0.1) is 6.92 Å². The van der Waals surface area contributed by atoms with Crippen molar-refractivity contribution >= 4 is 38.4 Å². The van der Waals surface area contributed by atoms with Gasteiger partial charge in [0, 0.05) is 13.1 Å². The number of hydrogen-bond acceptors (Lipinski definition) is 6. The molecule has 1 atom stereocenters. The van der Waals surface area contributed by atoms with Crippen molar-refractivity contribution in [2.75, 3.05) is 18.6 Å². The standard InChI is InChI=1S/C14H16N2O3S3/c1-9-12(21-13(15-9)11-4-3-6-20-11)14(17)16(2)10-5-7-22(18,19)8-10/h3-4,6,10H,5,7-8H2,1-2H3. The molecule has 0 saturated carbocycles. The van der Waals surface area contributed by atoms with E-state index in [2.05, 4.69) is 4.98 Å². The van der Waals surface area contributed by atoms with Gasteiger partial charge in [0.2, 0.25) is 0 Å². The van der Waals surface area contributed by atoms with E-state index in [1.807, 2.05) is 24.4 Å². The summed E-state index contributed by atoms with van der Waals surface area (Å²) in [7, 11) is -1.32. The van der Waals surface area contributed by atoms with Gasteiger partial charge in [-0.15, -0.1) is 22.7 Å². The zero-order chi connectivity index (χ0) is 15.9. The molecule has 0 N–H and O–H groups in total. The van der Waals surface area contributed by atoms with Gasteiger partial charge in [-0.2, -0.15) is 0 Å². The maximum Gasteiger partial charge on any atom is 0.265 e. The minimum Gasteiger partial charge on any atom is -0.337 e. The molecule has 1 aliphatic rings. The quantitative estimate of drug-likeness (QED) is 0.847. The Morgan fingerprint density at radius 3 is 2.82 bits per heavy atom. The van der Waals surface area contributed by atoms with E-state index in [1.54, 1.807) is 23.3 Å². The molecule has 1 fully saturated rings. The first-order valence-electron chi connectivity index (χ1n) is 6.86. The summed E-state index contributed by atoms with van der Waals surface area (Å²) in [6.45, 7) is 1.82. The second kappa shape index (κ2) is 5.75. The molecule has 1 unspecified atom stereocenters. The lowest BCUT2D eigenvalue weighted by Crippen LogP contribution is -2.37. The van der Waals surface area contributed by atoms with Crippen LogP contribution in [0.3, 0.4) is 0 Å². The molecule has 22 heavy (non-hydrogen) atoms. The number of nitrogens with zero attached hydrogens (tertiary/aromatic N) is 2. The van der Waals surface area contributed by atoms with Crippen molar-refractivity contribution in [3.05, 3.63) is 28.1 Å². The van der Waals surface area contributed by atoms with Crippen molar-refractivity contribution in [3.63, 3.8) is 0 Å². The van der Waals surface area contributed by atoms with Gasteiger partial charge < -0.3 is 4.90 Å². The highest BCUT2D eigenvalue weighted by molar-refractivity contribution is 7.91. The fourth-order valence-electron chi connectivity index (χ4n) is 2.51. The molecule has 1 amide bonds. The molecule has 1 saturated heterocycles. The normalized spacial score (nSPS) is 20.2. The fraction of sp³-hybridized carbons (Fsp3) is 0.429. The van der Waals surface area contributed by atoms with Gasteiger partial charge in [-0.25, -0.2) is 13.4 Å². The Morgan fingerprint density at radius 2 is 2.23 bits per heavy atom. The third-order valence-electron chi connectivity index (χ3n) is 3.80. The second-order valence-corrected chi connectivity index (χ2v) is 9.56. The topological polar surface area (TPSA) is 67.3 Å². The van der Waals surface area contributed by atoms with Gasteiger partial charge in [-0.1, -0.05) is 6.07 Å². The summed E-state index contributed by atoms with van der Waals surface area (Å²) in [5, 5.41) is 2.81. The summed E-state index contributed by atoms with van der Waals surface area (Å²) < 4.78 is 23.2. The van der Waals surface area contributed by atoms with E-state index in [0.717, 1.165) is 9.88 Å². The zero-order valence-electron chi connectivity index (χ0n) is 12.3. The Kier molecular flexibility index (Phi) is 4.09. The molecule has 0 aliphatic carbocycles. The van der Waals surface area contributed by atoms with Crippen molar-refractivity contribution in [3.8, 4) is 9.88 Å². The molecule has 5 nitrogen and oxygen atoms in total. The van der Waals surface area contributed by atoms with Crippen molar-refractivity contribution in [1.82, 2.24) is 9.88 Å². The first kappa shape index (κ1) is 15.6. The van der Waals surface area contributed by atoms with E-state index in [1.165, 1.54) is 11.3 Å². The van der Waals surface area contributed by atoms with E-state index < -0.39 is 9.84 Å². The van der Waals surface area contributed by atoms with Crippen LogP contribution in [0.1, 0.15) is 21.8 Å². The van der Waals surface area contributed by atoms with Crippen LogP contribution < -0.4 is 0 Å². The molecule has 1 aliphatic heterocycles. The third kappa shape index (κ3) is 2.95. The average Bonchev–Trinajstić information content (AvgIpc) is 3.16. The first-order chi connectivity index (χ1) is 10.4. The molecule has 0 aromatic carbocycles. The van der Waals surface area contributed by atoms with Crippen LogP contribution in [-0.2, 0) is 9.84 Å². The SMILES string of the molecule is Cc1nc(-c2cccs2)sc1C(=O)N(C)C1CCS(=O)(=O)C1. The lowest BCUT2D eigenvalue weighted by Gasteiger charge is -2.22. The average molecular weight is 356 g/mol. The highest BCUT2D eigenvalue weighted by atomic mass is 32.2. The van der Waals surface area contributed by atoms with Gasteiger partial charge in [-0.05, 0) is 24.8 Å². The van der Waals surface area contributed by atoms with E-state index in [0.29, 0.717) is 17.0 Å². The highest BCUT2D eigenvalue weighted by Gasteiger charge is 2.34. The highest BCUT2D eigenvalue weighted by Crippen LogP contribution is 2.32. The van der Waals surface area contributed by atoms with Gasteiger partial charge in [0.15, 0.2) is 9.84 Å². The van der Waals surface area contributed by atoms with Crippen LogP contribution in [0.4, 0.5) is 0 Å². The van der Waals surface area contributed by atoms with Crippen molar-refractivity contribution in [1.29, 1.82) is 0 Å². The van der Waals surface area contributed by atoms with Crippen LogP contribution in [-0.4, -0.2) is 48.8 Å². The second-order valence-electron chi connectivity index (χ2n) is 5.38. The number of hydrogen-bond donors (Lipinski definition) is 0. The minimum absolute atomic E-state index is 0.0604. The minimum atomic E-state index is -3.00. The van der Waals surface area contributed by atoms with Gasteiger partial charge in [0.1, 0.15) is 9.88 Å².